The molecular formula is C13H18ClNO3. The summed E-state index contributed by atoms with van der Waals surface area (Å²) < 4.78 is 5.64. The first-order chi connectivity index (χ1) is 8.43. The van der Waals surface area contributed by atoms with E-state index < -0.39 is 5.97 Å². The molecule has 0 bridgehead atoms. The predicted octanol–water partition coefficient (Wildman–Crippen LogP) is 2.79. The summed E-state index contributed by atoms with van der Waals surface area (Å²) in [6.45, 7) is 4.51. The Morgan fingerprint density at radius 1 is 1.50 bits per heavy atom. The molecule has 0 aromatic heterocycles. The van der Waals surface area contributed by atoms with Gasteiger partial charge in [0.05, 0.1) is 6.10 Å². The Morgan fingerprint density at radius 2 is 2.17 bits per heavy atom. The van der Waals surface area contributed by atoms with E-state index in [0.717, 1.165) is 6.42 Å². The second-order valence-electron chi connectivity index (χ2n) is 4.45. The van der Waals surface area contributed by atoms with Gasteiger partial charge in [-0.1, -0.05) is 18.5 Å². The molecule has 100 valence electrons. The number of ether oxygens (including phenoxy) is 1. The van der Waals surface area contributed by atoms with Crippen LogP contribution in [0.3, 0.4) is 0 Å². The normalized spacial score (nSPS) is 14.0. The quantitative estimate of drug-likeness (QED) is 0.834. The lowest BCUT2D eigenvalue weighted by Gasteiger charge is -2.19. The highest BCUT2D eigenvalue weighted by Gasteiger charge is 2.15. The molecule has 3 N–H and O–H groups in total. The Kier molecular flexibility index (Phi) is 5.44. The van der Waals surface area contributed by atoms with Crippen LogP contribution in [0, 0.1) is 5.92 Å². The van der Waals surface area contributed by atoms with Crippen molar-refractivity contribution in [2.24, 2.45) is 11.7 Å². The van der Waals surface area contributed by atoms with Gasteiger partial charge in [-0.05, 0) is 44.0 Å². The van der Waals surface area contributed by atoms with Crippen LogP contribution in [0.4, 0.5) is 0 Å². The lowest BCUT2D eigenvalue weighted by Crippen LogP contribution is -2.21. The van der Waals surface area contributed by atoms with Gasteiger partial charge in [0, 0.05) is 5.02 Å². The molecule has 0 fully saturated rings. The summed E-state index contributed by atoms with van der Waals surface area (Å²) in [5, 5.41) is 9.45. The molecule has 5 heteroatoms. The lowest BCUT2D eigenvalue weighted by atomic mass is 10.0. The lowest BCUT2D eigenvalue weighted by molar-refractivity contribution is 0.0689. The molecule has 0 aliphatic heterocycles. The Bertz CT molecular complexity index is 423. The minimum Gasteiger partial charge on any atom is -0.490 e. The van der Waals surface area contributed by atoms with Crippen LogP contribution in [0.15, 0.2) is 18.2 Å². The molecule has 0 spiro atoms. The summed E-state index contributed by atoms with van der Waals surface area (Å²) in [6, 6.07) is 4.58. The number of hydrogen-bond acceptors (Lipinski definition) is 3. The van der Waals surface area contributed by atoms with Crippen LogP contribution in [0.5, 0.6) is 5.75 Å². The Labute approximate surface area is 112 Å². The number of rotatable bonds is 6. The van der Waals surface area contributed by atoms with Crippen molar-refractivity contribution in [1.29, 1.82) is 0 Å². The van der Waals surface area contributed by atoms with E-state index in [4.69, 9.17) is 27.2 Å². The summed E-state index contributed by atoms with van der Waals surface area (Å²) in [5.74, 6) is -0.379. The second-order valence-corrected chi connectivity index (χ2v) is 4.89. The van der Waals surface area contributed by atoms with E-state index in [0.29, 0.717) is 23.2 Å². The molecule has 0 aliphatic carbocycles. The number of aromatic carboxylic acids is 1. The molecule has 2 unspecified atom stereocenters. The van der Waals surface area contributed by atoms with E-state index in [-0.39, 0.29) is 11.7 Å². The standard InChI is InChI=1S/C13H18ClNO3/c1-8(7-15)5-9(2)18-12-4-3-10(14)6-11(12)13(16)17/h3-4,6,8-9H,5,7,15H2,1-2H3,(H,16,17). The number of carboxylic acid groups (broad SMARTS) is 1. The highest BCUT2D eigenvalue weighted by atomic mass is 35.5. The van der Waals surface area contributed by atoms with Crippen molar-refractivity contribution in [3.8, 4) is 5.75 Å². The van der Waals surface area contributed by atoms with E-state index >= 15 is 0 Å². The largest absolute Gasteiger partial charge is 0.490 e. The first kappa shape index (κ1) is 14.8. The number of carboxylic acids is 1. The van der Waals surface area contributed by atoms with E-state index in [1.807, 2.05) is 13.8 Å². The fraction of sp³-hybridized carbons (Fsp3) is 0.462. The van der Waals surface area contributed by atoms with Gasteiger partial charge in [0.2, 0.25) is 0 Å². The summed E-state index contributed by atoms with van der Waals surface area (Å²) in [7, 11) is 0. The first-order valence-corrected chi connectivity index (χ1v) is 6.21. The third-order valence-electron chi connectivity index (χ3n) is 2.64. The van der Waals surface area contributed by atoms with Crippen LogP contribution in [-0.2, 0) is 0 Å². The van der Waals surface area contributed by atoms with E-state index in [1.54, 1.807) is 12.1 Å². The number of carbonyl (C=O) groups is 1. The van der Waals surface area contributed by atoms with Gasteiger partial charge in [-0.2, -0.15) is 0 Å². The van der Waals surface area contributed by atoms with Gasteiger partial charge in [0.25, 0.3) is 0 Å². The molecule has 0 aliphatic rings. The molecule has 2 atom stereocenters. The smallest absolute Gasteiger partial charge is 0.339 e. The van der Waals surface area contributed by atoms with Crippen molar-refractivity contribution in [2.45, 2.75) is 26.4 Å². The van der Waals surface area contributed by atoms with Crippen molar-refractivity contribution in [3.63, 3.8) is 0 Å². The molecule has 0 saturated carbocycles. The van der Waals surface area contributed by atoms with Crippen molar-refractivity contribution in [1.82, 2.24) is 0 Å². The average molecular weight is 272 g/mol. The molecule has 1 aromatic carbocycles. The molecule has 4 nitrogen and oxygen atoms in total. The fourth-order valence-electron chi connectivity index (χ4n) is 1.70. The maximum atomic E-state index is 11.1. The molecule has 0 amide bonds. The summed E-state index contributed by atoms with van der Waals surface area (Å²) in [5.41, 5.74) is 5.62. The third-order valence-corrected chi connectivity index (χ3v) is 2.87. The SMILES string of the molecule is CC(CN)CC(C)Oc1ccc(Cl)cc1C(=O)O. The fourth-order valence-corrected chi connectivity index (χ4v) is 1.87. The molecule has 0 saturated heterocycles. The van der Waals surface area contributed by atoms with Crippen molar-refractivity contribution >= 4 is 17.6 Å². The Hall–Kier alpha value is -1.26. The maximum absolute atomic E-state index is 11.1. The highest BCUT2D eigenvalue weighted by Crippen LogP contribution is 2.25. The Balaban J connectivity index is 2.80. The predicted molar refractivity (Wildman–Crippen MR) is 71.3 cm³/mol. The van der Waals surface area contributed by atoms with Crippen LogP contribution < -0.4 is 10.5 Å². The number of benzene rings is 1. The summed E-state index contributed by atoms with van der Waals surface area (Å²) >= 11 is 5.77. The van der Waals surface area contributed by atoms with Crippen LogP contribution in [0.2, 0.25) is 5.02 Å². The minimum atomic E-state index is -1.05. The monoisotopic (exact) mass is 271 g/mol. The van der Waals surface area contributed by atoms with Crippen LogP contribution in [-0.4, -0.2) is 23.7 Å². The number of halogens is 1. The van der Waals surface area contributed by atoms with Crippen molar-refractivity contribution in [3.05, 3.63) is 28.8 Å². The zero-order chi connectivity index (χ0) is 13.7. The minimum absolute atomic E-state index is 0.0785. The van der Waals surface area contributed by atoms with Crippen LogP contribution in [0.25, 0.3) is 0 Å². The molecule has 18 heavy (non-hydrogen) atoms. The number of hydrogen-bond donors (Lipinski definition) is 2. The van der Waals surface area contributed by atoms with Gasteiger partial charge in [-0.15, -0.1) is 0 Å². The topological polar surface area (TPSA) is 72.5 Å². The van der Waals surface area contributed by atoms with Gasteiger partial charge in [0.1, 0.15) is 11.3 Å². The highest BCUT2D eigenvalue weighted by molar-refractivity contribution is 6.31. The summed E-state index contributed by atoms with van der Waals surface area (Å²) in [4.78, 5) is 11.1. The maximum Gasteiger partial charge on any atom is 0.339 e. The van der Waals surface area contributed by atoms with Crippen molar-refractivity contribution in [2.75, 3.05) is 6.54 Å². The van der Waals surface area contributed by atoms with E-state index in [1.165, 1.54) is 6.07 Å². The van der Waals surface area contributed by atoms with Gasteiger partial charge in [-0.25, -0.2) is 4.79 Å². The Morgan fingerprint density at radius 3 is 2.72 bits per heavy atom. The molecule has 1 rings (SSSR count). The van der Waals surface area contributed by atoms with Crippen LogP contribution in [0.1, 0.15) is 30.6 Å². The van der Waals surface area contributed by atoms with Gasteiger partial charge in [-0.3, -0.25) is 0 Å². The molecular weight excluding hydrogens is 254 g/mol. The van der Waals surface area contributed by atoms with Gasteiger partial charge in [0.15, 0.2) is 0 Å². The first-order valence-electron chi connectivity index (χ1n) is 5.83. The van der Waals surface area contributed by atoms with Crippen molar-refractivity contribution < 1.29 is 14.6 Å². The van der Waals surface area contributed by atoms with Crippen LogP contribution >= 0.6 is 11.6 Å². The zero-order valence-corrected chi connectivity index (χ0v) is 11.3. The third kappa shape index (κ3) is 4.20. The van der Waals surface area contributed by atoms with E-state index in [9.17, 15) is 4.79 Å². The van der Waals surface area contributed by atoms with Gasteiger partial charge < -0.3 is 15.6 Å². The number of nitrogens with two attached hydrogens (primary N) is 1. The van der Waals surface area contributed by atoms with E-state index in [2.05, 4.69) is 0 Å². The molecule has 0 radical (unpaired) electrons. The van der Waals surface area contributed by atoms with Gasteiger partial charge >= 0.3 is 5.97 Å². The second kappa shape index (κ2) is 6.61. The average Bonchev–Trinajstić information content (AvgIpc) is 2.30. The molecule has 0 heterocycles. The summed E-state index contributed by atoms with van der Waals surface area (Å²) in [6.07, 6.45) is 0.681. The zero-order valence-electron chi connectivity index (χ0n) is 10.5. The molecule has 1 aromatic rings.